The van der Waals surface area contributed by atoms with Crippen LogP contribution in [0.2, 0.25) is 19.6 Å². The van der Waals surface area contributed by atoms with Crippen LogP contribution in [0.1, 0.15) is 19.4 Å². The normalized spacial score (nSPS) is 12.0. The number of carbonyl (C=O) groups excluding carboxylic acids is 1. The summed E-state index contributed by atoms with van der Waals surface area (Å²) in [6, 6.07) is 3.69. The van der Waals surface area contributed by atoms with E-state index in [0.29, 0.717) is 11.5 Å². The molecule has 1 aromatic rings. The van der Waals surface area contributed by atoms with Gasteiger partial charge in [-0.15, -0.1) is 0 Å². The van der Waals surface area contributed by atoms with Gasteiger partial charge in [0, 0.05) is 5.56 Å². The molecule has 0 saturated carbocycles. The second-order valence-corrected chi connectivity index (χ2v) is 11.6. The van der Waals surface area contributed by atoms with Crippen LogP contribution in [0.5, 0.6) is 11.5 Å². The number of methoxy groups -OCH3 is 2. The van der Waals surface area contributed by atoms with Crippen molar-refractivity contribution < 1.29 is 18.7 Å². The first-order chi connectivity index (χ1) is 9.52. The summed E-state index contributed by atoms with van der Waals surface area (Å²) in [6.07, 6.45) is 0. The van der Waals surface area contributed by atoms with Crippen LogP contribution in [-0.4, -0.2) is 28.5 Å². The highest BCUT2D eigenvalue weighted by molar-refractivity contribution is 9.10. The quantitative estimate of drug-likeness (QED) is 0.574. The van der Waals surface area contributed by atoms with E-state index < -0.39 is 13.7 Å². The lowest BCUT2D eigenvalue weighted by molar-refractivity contribution is -0.146. The Bertz CT molecular complexity index is 535. The first kappa shape index (κ1) is 18.0. The van der Waals surface area contributed by atoms with Gasteiger partial charge in [-0.3, -0.25) is 4.79 Å². The summed E-state index contributed by atoms with van der Waals surface area (Å²) >= 11 is 3.46. The smallest absolute Gasteiger partial charge is 0.315 e. The summed E-state index contributed by atoms with van der Waals surface area (Å²) < 4.78 is 17.2. The molecule has 1 aromatic carbocycles. The molecule has 0 spiro atoms. The largest absolute Gasteiger partial charge is 0.544 e. The van der Waals surface area contributed by atoms with E-state index >= 15 is 0 Å². The van der Waals surface area contributed by atoms with Crippen LogP contribution in [0.3, 0.4) is 0 Å². The molecule has 0 aromatic heterocycles. The van der Waals surface area contributed by atoms with Crippen LogP contribution in [0.15, 0.2) is 16.6 Å². The zero-order chi connectivity index (χ0) is 16.4. The fraction of sp³-hybridized carbons (Fsp3) is 0.533. The van der Waals surface area contributed by atoms with Crippen molar-refractivity contribution in [1.82, 2.24) is 0 Å². The number of hydrogen-bond acceptors (Lipinski definition) is 4. The Labute approximate surface area is 136 Å². The standard InChI is InChI=1S/C15H23BrO4Si/c1-15(2,14(17)19-4)10-8-13(18-3)11(16)9-12(10)20-21(5,6)7/h8-9H,1-7H3. The summed E-state index contributed by atoms with van der Waals surface area (Å²) in [5, 5.41) is 0. The maximum absolute atomic E-state index is 12.1. The Hall–Kier alpha value is -1.01. The lowest BCUT2D eigenvalue weighted by Crippen LogP contribution is -2.34. The lowest BCUT2D eigenvalue weighted by Gasteiger charge is -2.29. The van der Waals surface area contributed by atoms with E-state index in [9.17, 15) is 4.79 Å². The van der Waals surface area contributed by atoms with Gasteiger partial charge in [0.05, 0.1) is 24.1 Å². The Morgan fingerprint density at radius 1 is 1.14 bits per heavy atom. The molecule has 0 radical (unpaired) electrons. The van der Waals surface area contributed by atoms with Crippen molar-refractivity contribution in [2.75, 3.05) is 14.2 Å². The number of hydrogen-bond donors (Lipinski definition) is 0. The molecular weight excluding hydrogens is 352 g/mol. The minimum absolute atomic E-state index is 0.313. The molecule has 0 aliphatic heterocycles. The van der Waals surface area contributed by atoms with E-state index in [2.05, 4.69) is 35.6 Å². The zero-order valence-electron chi connectivity index (χ0n) is 13.7. The Kier molecular flexibility index (Phi) is 5.49. The Morgan fingerprint density at radius 3 is 2.14 bits per heavy atom. The molecule has 118 valence electrons. The highest BCUT2D eigenvalue weighted by Gasteiger charge is 2.35. The summed E-state index contributed by atoms with van der Waals surface area (Å²) in [5.41, 5.74) is -0.0608. The second-order valence-electron chi connectivity index (χ2n) is 6.31. The van der Waals surface area contributed by atoms with Crippen LogP contribution in [-0.2, 0) is 14.9 Å². The van der Waals surface area contributed by atoms with Gasteiger partial charge >= 0.3 is 5.97 Å². The van der Waals surface area contributed by atoms with Gasteiger partial charge in [-0.05, 0) is 61.6 Å². The van der Waals surface area contributed by atoms with Crippen LogP contribution in [0.4, 0.5) is 0 Å². The molecule has 0 atom stereocenters. The van der Waals surface area contributed by atoms with Crippen LogP contribution < -0.4 is 9.16 Å². The van der Waals surface area contributed by atoms with Crippen molar-refractivity contribution >= 4 is 30.2 Å². The number of ether oxygens (including phenoxy) is 2. The van der Waals surface area contributed by atoms with E-state index in [1.807, 2.05) is 26.0 Å². The van der Waals surface area contributed by atoms with Crippen molar-refractivity contribution in [1.29, 1.82) is 0 Å². The van der Waals surface area contributed by atoms with Gasteiger partial charge in [-0.2, -0.15) is 0 Å². The van der Waals surface area contributed by atoms with E-state index in [1.165, 1.54) is 7.11 Å². The fourth-order valence-electron chi connectivity index (χ4n) is 1.96. The molecule has 4 nitrogen and oxygen atoms in total. The molecule has 0 N–H and O–H groups in total. The van der Waals surface area contributed by atoms with Crippen molar-refractivity contribution in [2.24, 2.45) is 0 Å². The summed E-state index contributed by atoms with van der Waals surface area (Å²) in [5.74, 6) is 1.04. The second kappa shape index (κ2) is 6.40. The van der Waals surface area contributed by atoms with Crippen LogP contribution in [0.25, 0.3) is 0 Å². The Balaban J connectivity index is 3.49. The predicted octanol–water partition coefficient (Wildman–Crippen LogP) is 4.12. The Morgan fingerprint density at radius 2 is 1.71 bits per heavy atom. The first-order valence-corrected chi connectivity index (χ1v) is 10.9. The number of rotatable bonds is 5. The minimum Gasteiger partial charge on any atom is -0.544 e. The van der Waals surface area contributed by atoms with Crippen LogP contribution >= 0.6 is 15.9 Å². The lowest BCUT2D eigenvalue weighted by atomic mass is 9.84. The zero-order valence-corrected chi connectivity index (χ0v) is 16.3. The summed E-state index contributed by atoms with van der Waals surface area (Å²) in [4.78, 5) is 12.1. The van der Waals surface area contributed by atoms with Crippen molar-refractivity contribution in [2.45, 2.75) is 38.9 Å². The summed E-state index contributed by atoms with van der Waals surface area (Å²) in [6.45, 7) is 9.93. The topological polar surface area (TPSA) is 44.8 Å². The molecule has 0 saturated heterocycles. The van der Waals surface area contributed by atoms with Gasteiger partial charge in [-0.1, -0.05) is 0 Å². The van der Waals surface area contributed by atoms with E-state index in [0.717, 1.165) is 10.0 Å². The number of esters is 1. The van der Waals surface area contributed by atoms with E-state index in [4.69, 9.17) is 13.9 Å². The van der Waals surface area contributed by atoms with Gasteiger partial charge in [0.1, 0.15) is 11.5 Å². The number of benzene rings is 1. The van der Waals surface area contributed by atoms with Crippen molar-refractivity contribution in [3.05, 3.63) is 22.2 Å². The highest BCUT2D eigenvalue weighted by Crippen LogP contribution is 2.40. The molecule has 0 unspecified atom stereocenters. The van der Waals surface area contributed by atoms with Crippen molar-refractivity contribution in [3.8, 4) is 11.5 Å². The van der Waals surface area contributed by atoms with Gasteiger partial charge in [0.2, 0.25) is 8.32 Å². The predicted molar refractivity (Wildman–Crippen MR) is 89.7 cm³/mol. The summed E-state index contributed by atoms with van der Waals surface area (Å²) in [7, 11) is 1.16. The molecule has 1 rings (SSSR count). The minimum atomic E-state index is -1.82. The van der Waals surface area contributed by atoms with E-state index in [1.54, 1.807) is 7.11 Å². The molecule has 0 amide bonds. The third kappa shape index (κ3) is 4.23. The van der Waals surface area contributed by atoms with Gasteiger partial charge < -0.3 is 13.9 Å². The third-order valence-corrected chi connectivity index (χ3v) is 4.49. The van der Waals surface area contributed by atoms with Gasteiger partial charge in [0.15, 0.2) is 0 Å². The molecule has 0 heterocycles. The molecule has 0 fully saturated rings. The molecular formula is C15H23BrO4Si. The maximum Gasteiger partial charge on any atom is 0.315 e. The number of carbonyl (C=O) groups is 1. The maximum atomic E-state index is 12.1. The van der Waals surface area contributed by atoms with Gasteiger partial charge in [0.25, 0.3) is 0 Å². The monoisotopic (exact) mass is 374 g/mol. The first-order valence-electron chi connectivity index (χ1n) is 6.68. The van der Waals surface area contributed by atoms with E-state index in [-0.39, 0.29) is 5.97 Å². The average Bonchev–Trinajstić information content (AvgIpc) is 2.35. The van der Waals surface area contributed by atoms with Crippen molar-refractivity contribution in [3.63, 3.8) is 0 Å². The third-order valence-electron chi connectivity index (χ3n) is 3.04. The number of halogens is 1. The molecule has 21 heavy (non-hydrogen) atoms. The van der Waals surface area contributed by atoms with Crippen LogP contribution in [0, 0.1) is 0 Å². The molecule has 0 bridgehead atoms. The average molecular weight is 375 g/mol. The fourth-order valence-corrected chi connectivity index (χ4v) is 3.27. The van der Waals surface area contributed by atoms with Gasteiger partial charge in [-0.25, -0.2) is 0 Å². The molecule has 0 aliphatic rings. The molecule has 6 heteroatoms. The molecule has 0 aliphatic carbocycles. The SMILES string of the molecule is COC(=O)C(C)(C)c1cc(OC)c(Br)cc1O[Si](C)(C)C. The highest BCUT2D eigenvalue weighted by atomic mass is 79.9.